The van der Waals surface area contributed by atoms with Gasteiger partial charge in [-0.2, -0.15) is 5.10 Å². The van der Waals surface area contributed by atoms with E-state index in [1.807, 2.05) is 0 Å². The number of ether oxygens (including phenoxy) is 3. The number of methoxy groups -OCH3 is 1. The normalized spacial score (nSPS) is 11.2. The second kappa shape index (κ2) is 10.4. The first-order chi connectivity index (χ1) is 15.8. The summed E-state index contributed by atoms with van der Waals surface area (Å²) in [4.78, 5) is 39.5. The van der Waals surface area contributed by atoms with Gasteiger partial charge in [0.15, 0.2) is 18.1 Å². The second-order valence-corrected chi connectivity index (χ2v) is 7.37. The Morgan fingerprint density at radius 2 is 2.00 bits per heavy atom. The molecule has 172 valence electrons. The Morgan fingerprint density at radius 1 is 1.24 bits per heavy atom. The number of fused-ring (bicyclic) bond motifs is 1. The minimum absolute atomic E-state index is 0.254. The van der Waals surface area contributed by atoms with Crippen molar-refractivity contribution < 1.29 is 19.0 Å². The van der Waals surface area contributed by atoms with Crippen molar-refractivity contribution in [3.05, 3.63) is 81.0 Å². The minimum Gasteiger partial charge on any atom is -0.493 e. The monoisotopic (exact) mass is 451 g/mol. The van der Waals surface area contributed by atoms with Gasteiger partial charge in [-0.3, -0.25) is 4.79 Å². The first kappa shape index (κ1) is 23.5. The van der Waals surface area contributed by atoms with Crippen LogP contribution in [-0.2, 0) is 16.0 Å². The van der Waals surface area contributed by atoms with Gasteiger partial charge in [0, 0.05) is 5.56 Å². The Kier molecular flexibility index (Phi) is 7.45. The molecule has 0 aliphatic heterocycles. The number of rotatable bonds is 9. The summed E-state index contributed by atoms with van der Waals surface area (Å²) in [7, 11) is 1.46. The fourth-order valence-electron chi connectivity index (χ4n) is 3.19. The summed E-state index contributed by atoms with van der Waals surface area (Å²) < 4.78 is 17.0. The number of nitrogens with one attached hydrogen (secondary N) is 1. The topological polar surface area (TPSA) is 112 Å². The largest absolute Gasteiger partial charge is 0.493 e. The Labute approximate surface area is 189 Å². The number of hydrogen-bond donors (Lipinski definition) is 1. The third-order valence-corrected chi connectivity index (χ3v) is 4.55. The van der Waals surface area contributed by atoms with Crippen LogP contribution in [-0.4, -0.2) is 41.7 Å². The Bertz CT molecular complexity index is 1320. The quantitative estimate of drug-likeness (QED) is 0.304. The maximum atomic E-state index is 12.7. The molecule has 3 aromatic rings. The highest BCUT2D eigenvalue weighted by Crippen LogP contribution is 2.33. The molecule has 2 aromatic carbocycles. The van der Waals surface area contributed by atoms with E-state index < -0.39 is 17.2 Å². The van der Waals surface area contributed by atoms with Crippen molar-refractivity contribution in [2.75, 3.05) is 13.7 Å². The summed E-state index contributed by atoms with van der Waals surface area (Å²) in [5.74, 6) is 0.223. The van der Waals surface area contributed by atoms with E-state index in [0.29, 0.717) is 39.9 Å². The maximum absolute atomic E-state index is 12.7. The minimum atomic E-state index is -0.656. The number of aromatic nitrogens is 2. The number of nitrogens with zero attached hydrogens (tertiary/aromatic N) is 2. The summed E-state index contributed by atoms with van der Waals surface area (Å²) in [5.41, 5.74) is 0.485. The predicted octanol–water partition coefficient (Wildman–Crippen LogP) is 2.64. The van der Waals surface area contributed by atoms with Crippen LogP contribution in [0.1, 0.15) is 25.0 Å². The smallest absolute Gasteiger partial charge is 0.349 e. The lowest BCUT2D eigenvalue weighted by molar-refractivity contribution is -0.149. The molecule has 9 nitrogen and oxygen atoms in total. The molecule has 0 aliphatic carbocycles. The van der Waals surface area contributed by atoms with Crippen LogP contribution in [0.25, 0.3) is 10.9 Å². The summed E-state index contributed by atoms with van der Waals surface area (Å²) in [6.07, 6.45) is 3.21. The number of H-pyrrole nitrogens is 1. The second-order valence-electron chi connectivity index (χ2n) is 7.37. The number of esters is 1. The van der Waals surface area contributed by atoms with Gasteiger partial charge in [-0.1, -0.05) is 18.2 Å². The highest BCUT2D eigenvalue weighted by Gasteiger charge is 2.15. The number of benzene rings is 2. The van der Waals surface area contributed by atoms with Crippen LogP contribution in [0.5, 0.6) is 11.5 Å². The molecule has 0 unspecified atom stereocenters. The van der Waals surface area contributed by atoms with Crippen LogP contribution in [0.15, 0.2) is 63.7 Å². The van der Waals surface area contributed by atoms with E-state index in [9.17, 15) is 14.4 Å². The zero-order valence-corrected chi connectivity index (χ0v) is 18.7. The van der Waals surface area contributed by atoms with E-state index >= 15 is 0 Å². The van der Waals surface area contributed by atoms with Gasteiger partial charge in [0.2, 0.25) is 0 Å². The van der Waals surface area contributed by atoms with Crippen LogP contribution in [0, 0.1) is 0 Å². The van der Waals surface area contributed by atoms with Crippen LogP contribution >= 0.6 is 0 Å². The predicted molar refractivity (Wildman–Crippen MR) is 125 cm³/mol. The highest BCUT2D eigenvalue weighted by molar-refractivity contribution is 5.82. The Balaban J connectivity index is 1.97. The molecule has 33 heavy (non-hydrogen) atoms. The van der Waals surface area contributed by atoms with Gasteiger partial charge in [-0.05, 0) is 50.1 Å². The molecule has 9 heteroatoms. The van der Waals surface area contributed by atoms with Gasteiger partial charge in [-0.25, -0.2) is 9.59 Å². The highest BCUT2D eigenvalue weighted by atomic mass is 16.6. The molecule has 0 atom stereocenters. The summed E-state index contributed by atoms with van der Waals surface area (Å²) in [6.45, 7) is 6.97. The summed E-state index contributed by atoms with van der Waals surface area (Å²) in [6, 6.07) is 10.1. The zero-order valence-electron chi connectivity index (χ0n) is 18.7. The third kappa shape index (κ3) is 5.57. The number of para-hydroxylation sites is 1. The van der Waals surface area contributed by atoms with Crippen LogP contribution in [0.2, 0.25) is 0 Å². The molecule has 0 radical (unpaired) electrons. The number of allylic oxidation sites excluding steroid dienone is 1. The van der Waals surface area contributed by atoms with Crippen LogP contribution in [0.4, 0.5) is 0 Å². The van der Waals surface area contributed by atoms with E-state index in [-0.39, 0.29) is 12.7 Å². The van der Waals surface area contributed by atoms with Gasteiger partial charge in [0.25, 0.3) is 5.56 Å². The van der Waals surface area contributed by atoms with E-state index in [2.05, 4.69) is 16.7 Å². The van der Waals surface area contributed by atoms with Crippen molar-refractivity contribution in [3.8, 4) is 11.5 Å². The van der Waals surface area contributed by atoms with Crippen molar-refractivity contribution >= 4 is 23.1 Å². The molecular weight excluding hydrogens is 426 g/mol. The van der Waals surface area contributed by atoms with Crippen LogP contribution < -0.4 is 20.7 Å². The fourth-order valence-corrected chi connectivity index (χ4v) is 3.19. The SMILES string of the molecule is C=CCc1cc(C=Nn2c(=O)[nH]c3ccccc3c2=O)cc(OC)c1OCC(=O)OC(C)C. The molecule has 1 N–H and O–H groups in total. The lowest BCUT2D eigenvalue weighted by Gasteiger charge is -2.16. The first-order valence-corrected chi connectivity index (χ1v) is 10.3. The molecule has 0 saturated carbocycles. The molecule has 0 amide bonds. The van der Waals surface area contributed by atoms with Crippen molar-refractivity contribution in [1.29, 1.82) is 0 Å². The third-order valence-electron chi connectivity index (χ3n) is 4.55. The lowest BCUT2D eigenvalue weighted by atomic mass is 10.1. The molecular formula is C24H25N3O6. The van der Waals surface area contributed by atoms with Gasteiger partial charge in [0.05, 0.1) is 30.3 Å². The maximum Gasteiger partial charge on any atom is 0.349 e. The average molecular weight is 451 g/mol. The van der Waals surface area contributed by atoms with E-state index in [4.69, 9.17) is 14.2 Å². The lowest BCUT2D eigenvalue weighted by Crippen LogP contribution is -2.32. The zero-order chi connectivity index (χ0) is 24.0. The van der Waals surface area contributed by atoms with E-state index in [1.165, 1.54) is 13.3 Å². The summed E-state index contributed by atoms with van der Waals surface area (Å²) >= 11 is 0. The molecule has 0 aliphatic rings. The molecule has 0 saturated heterocycles. The Morgan fingerprint density at radius 3 is 2.70 bits per heavy atom. The summed E-state index contributed by atoms with van der Waals surface area (Å²) in [5, 5.41) is 4.42. The van der Waals surface area contributed by atoms with Gasteiger partial charge in [0.1, 0.15) is 0 Å². The standard InChI is InChI=1S/C24H25N3O6/c1-5-8-17-11-16(12-20(31-4)22(17)32-14-21(28)33-15(2)3)13-25-27-23(29)18-9-6-7-10-19(18)26-24(27)30/h5-7,9-13,15H,1,8,14H2,2-4H3,(H,26,30). The van der Waals surface area contributed by atoms with Crippen molar-refractivity contribution in [3.63, 3.8) is 0 Å². The van der Waals surface area contributed by atoms with Crippen LogP contribution in [0.3, 0.4) is 0 Å². The van der Waals surface area contributed by atoms with Gasteiger partial charge >= 0.3 is 11.7 Å². The number of hydrogen-bond acceptors (Lipinski definition) is 7. The molecule has 1 heterocycles. The van der Waals surface area contributed by atoms with Gasteiger partial charge < -0.3 is 19.2 Å². The molecule has 1 aromatic heterocycles. The first-order valence-electron chi connectivity index (χ1n) is 10.3. The van der Waals surface area contributed by atoms with Crippen molar-refractivity contribution in [2.24, 2.45) is 5.10 Å². The average Bonchev–Trinajstić information content (AvgIpc) is 2.77. The van der Waals surface area contributed by atoms with Crippen molar-refractivity contribution in [2.45, 2.75) is 26.4 Å². The fraction of sp³-hybridized carbons (Fsp3) is 0.250. The molecule has 3 rings (SSSR count). The van der Waals surface area contributed by atoms with E-state index in [0.717, 1.165) is 4.68 Å². The number of carbonyl (C=O) groups is 1. The number of aromatic amines is 1. The van der Waals surface area contributed by atoms with E-state index in [1.54, 1.807) is 56.3 Å². The molecule has 0 fully saturated rings. The molecule has 0 spiro atoms. The molecule has 0 bridgehead atoms. The Hall–Kier alpha value is -4.14. The number of carbonyl (C=O) groups excluding carboxylic acids is 1. The van der Waals surface area contributed by atoms with Crippen molar-refractivity contribution in [1.82, 2.24) is 9.66 Å². The van der Waals surface area contributed by atoms with Gasteiger partial charge in [-0.15, -0.1) is 11.3 Å².